The molecule has 0 radical (unpaired) electrons. The number of methoxy groups -OCH3 is 2. The smallest absolute Gasteiger partial charge is 0.292 e. The molecule has 2 aromatic rings. The van der Waals surface area contributed by atoms with Gasteiger partial charge < -0.3 is 19.7 Å². The molecule has 0 aromatic heterocycles. The Bertz CT molecular complexity index is 886. The van der Waals surface area contributed by atoms with E-state index in [9.17, 15) is 14.9 Å². The number of benzene rings is 2. The lowest BCUT2D eigenvalue weighted by atomic mass is 10.0. The summed E-state index contributed by atoms with van der Waals surface area (Å²) in [4.78, 5) is 25.4. The number of nitro benzene ring substituents is 1. The minimum atomic E-state index is -0.435. The molecule has 0 aliphatic carbocycles. The standard InChI is InChI=1S/C21H25N3O5/c1-28-15-9-10-20(29-2)16(14-15)18-8-5-13-23(18)21(25)11-12-22-17-6-3-4-7-19(17)24(26)27/h3-4,6-7,9-10,14,18,22H,5,8,11-13H2,1-2H3. The summed E-state index contributed by atoms with van der Waals surface area (Å²) in [5, 5.41) is 14.1. The number of nitrogens with zero attached hydrogens (tertiary/aromatic N) is 2. The topological polar surface area (TPSA) is 93.9 Å². The van der Waals surface area contributed by atoms with Crippen molar-refractivity contribution in [1.82, 2.24) is 4.90 Å². The van der Waals surface area contributed by atoms with E-state index >= 15 is 0 Å². The number of carbonyl (C=O) groups excluding carboxylic acids is 1. The van der Waals surface area contributed by atoms with Crippen molar-refractivity contribution in [3.63, 3.8) is 0 Å². The summed E-state index contributed by atoms with van der Waals surface area (Å²) in [5.41, 5.74) is 1.35. The number of hydrogen-bond acceptors (Lipinski definition) is 6. The fourth-order valence-corrected chi connectivity index (χ4v) is 3.72. The van der Waals surface area contributed by atoms with E-state index in [-0.39, 0.29) is 24.1 Å². The predicted molar refractivity (Wildman–Crippen MR) is 109 cm³/mol. The molecule has 29 heavy (non-hydrogen) atoms. The minimum Gasteiger partial charge on any atom is -0.497 e. The molecule has 154 valence electrons. The molecule has 0 spiro atoms. The number of nitro groups is 1. The number of rotatable bonds is 8. The lowest BCUT2D eigenvalue weighted by molar-refractivity contribution is -0.384. The van der Waals surface area contributed by atoms with E-state index in [1.54, 1.807) is 32.4 Å². The molecule has 1 amide bonds. The molecule has 1 atom stereocenters. The fourth-order valence-electron chi connectivity index (χ4n) is 3.72. The van der Waals surface area contributed by atoms with Gasteiger partial charge in [-0.2, -0.15) is 0 Å². The van der Waals surface area contributed by atoms with Crippen molar-refractivity contribution < 1.29 is 19.2 Å². The van der Waals surface area contributed by atoms with Crippen LogP contribution < -0.4 is 14.8 Å². The maximum atomic E-state index is 12.9. The van der Waals surface area contributed by atoms with Gasteiger partial charge in [0.05, 0.1) is 25.2 Å². The number of hydrogen-bond donors (Lipinski definition) is 1. The maximum absolute atomic E-state index is 12.9. The van der Waals surface area contributed by atoms with Crippen molar-refractivity contribution in [2.75, 3.05) is 32.6 Å². The zero-order valence-electron chi connectivity index (χ0n) is 16.6. The van der Waals surface area contributed by atoms with Gasteiger partial charge in [-0.1, -0.05) is 12.1 Å². The van der Waals surface area contributed by atoms with Crippen molar-refractivity contribution in [2.45, 2.75) is 25.3 Å². The molecular formula is C21H25N3O5. The molecule has 1 heterocycles. The normalized spacial score (nSPS) is 15.8. The van der Waals surface area contributed by atoms with Crippen LogP contribution in [0, 0.1) is 10.1 Å². The highest BCUT2D eigenvalue weighted by atomic mass is 16.6. The summed E-state index contributed by atoms with van der Waals surface area (Å²) in [6, 6.07) is 12.0. The Morgan fingerprint density at radius 3 is 2.76 bits per heavy atom. The Morgan fingerprint density at radius 1 is 1.24 bits per heavy atom. The third-order valence-electron chi connectivity index (χ3n) is 5.12. The van der Waals surface area contributed by atoms with Crippen molar-refractivity contribution in [3.05, 3.63) is 58.1 Å². The molecule has 8 heteroatoms. The number of para-hydroxylation sites is 2. The lowest BCUT2D eigenvalue weighted by Crippen LogP contribution is -2.32. The number of nitrogens with one attached hydrogen (secondary N) is 1. The highest BCUT2D eigenvalue weighted by Crippen LogP contribution is 2.39. The minimum absolute atomic E-state index is 0.000106. The average molecular weight is 399 g/mol. The molecule has 1 aliphatic heterocycles. The Kier molecular flexibility index (Phi) is 6.54. The second kappa shape index (κ2) is 9.27. The maximum Gasteiger partial charge on any atom is 0.292 e. The molecule has 3 rings (SSSR count). The number of anilines is 1. The van der Waals surface area contributed by atoms with Crippen molar-refractivity contribution in [3.8, 4) is 11.5 Å². The zero-order valence-corrected chi connectivity index (χ0v) is 16.6. The van der Waals surface area contributed by atoms with Crippen LogP contribution in [0.2, 0.25) is 0 Å². The third-order valence-corrected chi connectivity index (χ3v) is 5.12. The average Bonchev–Trinajstić information content (AvgIpc) is 3.23. The summed E-state index contributed by atoms with van der Waals surface area (Å²) in [6.07, 6.45) is 2.01. The van der Waals surface area contributed by atoms with Crippen molar-refractivity contribution >= 4 is 17.3 Å². The Labute approximate surface area is 169 Å². The Balaban J connectivity index is 1.68. The molecule has 1 fully saturated rings. The van der Waals surface area contributed by atoms with Crippen LogP contribution in [0.1, 0.15) is 30.9 Å². The molecule has 1 unspecified atom stereocenters. The van der Waals surface area contributed by atoms with Gasteiger partial charge >= 0.3 is 0 Å². The fraction of sp³-hybridized carbons (Fsp3) is 0.381. The van der Waals surface area contributed by atoms with Gasteiger partial charge in [0.15, 0.2) is 0 Å². The first-order valence-electron chi connectivity index (χ1n) is 9.54. The molecule has 1 aliphatic rings. The van der Waals surface area contributed by atoms with Crippen LogP contribution in [0.5, 0.6) is 11.5 Å². The van der Waals surface area contributed by atoms with E-state index in [1.165, 1.54) is 6.07 Å². The first kappa shape index (κ1) is 20.4. The summed E-state index contributed by atoms with van der Waals surface area (Å²) in [5.74, 6) is 1.45. The second-order valence-corrected chi connectivity index (χ2v) is 6.80. The summed E-state index contributed by atoms with van der Waals surface area (Å²) in [7, 11) is 3.22. The highest BCUT2D eigenvalue weighted by Gasteiger charge is 2.31. The lowest BCUT2D eigenvalue weighted by Gasteiger charge is -2.27. The summed E-state index contributed by atoms with van der Waals surface area (Å²) >= 11 is 0. The van der Waals surface area contributed by atoms with Crippen LogP contribution in [0.15, 0.2) is 42.5 Å². The van der Waals surface area contributed by atoms with Gasteiger partial charge in [-0.15, -0.1) is 0 Å². The number of carbonyl (C=O) groups is 1. The molecule has 0 bridgehead atoms. The van der Waals surface area contributed by atoms with E-state index in [0.29, 0.717) is 18.8 Å². The van der Waals surface area contributed by atoms with Gasteiger partial charge in [-0.05, 0) is 37.1 Å². The van der Waals surface area contributed by atoms with Gasteiger partial charge in [0.2, 0.25) is 5.91 Å². The molecule has 8 nitrogen and oxygen atoms in total. The van der Waals surface area contributed by atoms with Gasteiger partial charge in [-0.25, -0.2) is 0 Å². The summed E-state index contributed by atoms with van der Waals surface area (Å²) in [6.45, 7) is 0.998. The number of ether oxygens (including phenoxy) is 2. The third kappa shape index (κ3) is 4.59. The molecule has 0 saturated carbocycles. The van der Waals surface area contributed by atoms with Crippen LogP contribution in [0.25, 0.3) is 0 Å². The Morgan fingerprint density at radius 2 is 2.03 bits per heavy atom. The van der Waals surface area contributed by atoms with Crippen molar-refractivity contribution in [1.29, 1.82) is 0 Å². The van der Waals surface area contributed by atoms with E-state index < -0.39 is 4.92 Å². The molecule has 2 aromatic carbocycles. The van der Waals surface area contributed by atoms with Gasteiger partial charge in [-0.3, -0.25) is 14.9 Å². The van der Waals surface area contributed by atoms with Gasteiger partial charge in [0.25, 0.3) is 5.69 Å². The first-order valence-corrected chi connectivity index (χ1v) is 9.54. The van der Waals surface area contributed by atoms with Gasteiger partial charge in [0.1, 0.15) is 17.2 Å². The zero-order chi connectivity index (χ0) is 20.8. The van der Waals surface area contributed by atoms with E-state index in [1.807, 2.05) is 23.1 Å². The monoisotopic (exact) mass is 399 g/mol. The first-order chi connectivity index (χ1) is 14.0. The predicted octanol–water partition coefficient (Wildman–Crippen LogP) is 3.78. The molecular weight excluding hydrogens is 374 g/mol. The molecule has 1 saturated heterocycles. The van der Waals surface area contributed by atoms with Crippen LogP contribution in [-0.4, -0.2) is 43.0 Å². The SMILES string of the molecule is COc1ccc(OC)c(C2CCCN2C(=O)CCNc2ccccc2[N+](=O)[O-])c1. The van der Waals surface area contributed by atoms with E-state index in [4.69, 9.17) is 9.47 Å². The van der Waals surface area contributed by atoms with Crippen LogP contribution in [-0.2, 0) is 4.79 Å². The molecule has 1 N–H and O–H groups in total. The van der Waals surface area contributed by atoms with Crippen LogP contribution in [0.4, 0.5) is 11.4 Å². The highest BCUT2D eigenvalue weighted by molar-refractivity contribution is 5.78. The van der Waals surface area contributed by atoms with Crippen LogP contribution >= 0.6 is 0 Å². The second-order valence-electron chi connectivity index (χ2n) is 6.80. The van der Waals surface area contributed by atoms with Crippen LogP contribution in [0.3, 0.4) is 0 Å². The number of likely N-dealkylation sites (tertiary alicyclic amines) is 1. The Hall–Kier alpha value is -3.29. The van der Waals surface area contributed by atoms with Crippen molar-refractivity contribution in [2.24, 2.45) is 0 Å². The number of amides is 1. The van der Waals surface area contributed by atoms with E-state index in [2.05, 4.69) is 5.32 Å². The van der Waals surface area contributed by atoms with E-state index in [0.717, 1.165) is 29.9 Å². The van der Waals surface area contributed by atoms with Gasteiger partial charge in [0, 0.05) is 31.1 Å². The quantitative estimate of drug-likeness (QED) is 0.536. The summed E-state index contributed by atoms with van der Waals surface area (Å²) < 4.78 is 10.8. The largest absolute Gasteiger partial charge is 0.497 e.